The van der Waals surface area contributed by atoms with Crippen molar-refractivity contribution >= 4 is 11.9 Å². The van der Waals surface area contributed by atoms with E-state index >= 15 is 0 Å². The van der Waals surface area contributed by atoms with Gasteiger partial charge in [0.1, 0.15) is 0 Å². The van der Waals surface area contributed by atoms with E-state index in [2.05, 4.69) is 55.6 Å². The largest absolute Gasteiger partial charge is 0.466 e. The maximum absolute atomic E-state index is 12.5. The van der Waals surface area contributed by atoms with Gasteiger partial charge < -0.3 is 20.3 Å². The predicted octanol–water partition coefficient (Wildman–Crippen LogP) is 18.8. The lowest BCUT2D eigenvalue weighted by Gasteiger charge is -2.22. The van der Waals surface area contributed by atoms with Crippen molar-refractivity contribution in [1.82, 2.24) is 5.32 Å². The Morgan fingerprint density at radius 3 is 1.16 bits per heavy atom. The van der Waals surface area contributed by atoms with Crippen molar-refractivity contribution in [2.45, 2.75) is 334 Å². The van der Waals surface area contributed by atoms with Crippen LogP contribution in [0.4, 0.5) is 0 Å². The zero-order chi connectivity index (χ0) is 49.3. The first kappa shape index (κ1) is 66.1. The van der Waals surface area contributed by atoms with Gasteiger partial charge in [-0.05, 0) is 89.9 Å². The highest BCUT2D eigenvalue weighted by Crippen LogP contribution is 2.17. The maximum atomic E-state index is 12.5. The van der Waals surface area contributed by atoms with Gasteiger partial charge in [0.05, 0.1) is 25.4 Å². The molecule has 0 aromatic carbocycles. The summed E-state index contributed by atoms with van der Waals surface area (Å²) in [5.41, 5.74) is 0. The van der Waals surface area contributed by atoms with Crippen LogP contribution in [0.2, 0.25) is 0 Å². The van der Waals surface area contributed by atoms with Crippen LogP contribution in [0.15, 0.2) is 36.5 Å². The van der Waals surface area contributed by atoms with Crippen molar-refractivity contribution in [2.75, 3.05) is 13.2 Å². The minimum atomic E-state index is -0.683. The van der Waals surface area contributed by atoms with Crippen LogP contribution in [0.1, 0.15) is 322 Å². The summed E-state index contributed by atoms with van der Waals surface area (Å²) in [7, 11) is 0. The highest BCUT2D eigenvalue weighted by atomic mass is 16.5. The molecule has 0 radical (unpaired) electrons. The second-order valence-corrected chi connectivity index (χ2v) is 20.7. The first-order chi connectivity index (χ1) is 33.5. The number of rotatable bonds is 56. The molecule has 0 rings (SSSR count). The Hall–Kier alpha value is -1.92. The van der Waals surface area contributed by atoms with Crippen molar-refractivity contribution in [3.63, 3.8) is 0 Å². The number of allylic oxidation sites excluding steroid dienone is 6. The Morgan fingerprint density at radius 2 is 0.735 bits per heavy atom. The lowest BCUT2D eigenvalue weighted by atomic mass is 10.0. The van der Waals surface area contributed by atoms with Crippen molar-refractivity contribution in [2.24, 2.45) is 0 Å². The molecule has 0 aliphatic heterocycles. The molecule has 0 aromatic heterocycles. The van der Waals surface area contributed by atoms with Crippen molar-refractivity contribution in [1.29, 1.82) is 0 Å². The first-order valence-corrected chi connectivity index (χ1v) is 30.2. The molecular formula is C62H117NO5. The number of hydrogen-bond acceptors (Lipinski definition) is 5. The van der Waals surface area contributed by atoms with E-state index in [0.717, 1.165) is 83.5 Å². The fourth-order valence-electron chi connectivity index (χ4n) is 9.25. The Labute approximate surface area is 424 Å². The summed E-state index contributed by atoms with van der Waals surface area (Å²) in [4.78, 5) is 24.6. The van der Waals surface area contributed by atoms with Gasteiger partial charge in [0.2, 0.25) is 5.91 Å². The summed E-state index contributed by atoms with van der Waals surface area (Å²) in [6, 6.07) is -0.562. The van der Waals surface area contributed by atoms with Crippen LogP contribution >= 0.6 is 0 Å². The van der Waals surface area contributed by atoms with Crippen molar-refractivity contribution in [3.05, 3.63) is 36.5 Å². The van der Waals surface area contributed by atoms with Gasteiger partial charge in [-0.1, -0.05) is 256 Å². The summed E-state index contributed by atoms with van der Waals surface area (Å²) in [6.07, 6.45) is 71.4. The molecule has 0 aliphatic rings. The van der Waals surface area contributed by atoms with Crippen LogP contribution in [-0.4, -0.2) is 47.4 Å². The molecule has 3 N–H and O–H groups in total. The zero-order valence-corrected chi connectivity index (χ0v) is 45.6. The van der Waals surface area contributed by atoms with Crippen molar-refractivity contribution < 1.29 is 24.5 Å². The standard InChI is InChI=1S/C62H117NO5/c1-3-5-7-9-11-13-15-17-19-21-22-23-24-25-27-28-30-34-38-42-46-50-54-60(65)59(58-64)63-61(66)55-51-47-43-39-35-32-33-37-41-45-49-53-57-68-62(67)56-52-48-44-40-36-31-29-26-20-18-16-14-12-10-8-6-4-2/h12,14,18,20,33,37,59-60,64-65H,3-11,13,15-17,19,21-32,34-36,38-58H2,1-2H3,(H,63,66)/b14-12-,20-18-,37-33-. The monoisotopic (exact) mass is 956 g/mol. The third-order valence-electron chi connectivity index (χ3n) is 13.9. The Bertz CT molecular complexity index is 1100. The molecule has 1 amide bonds. The van der Waals surface area contributed by atoms with Gasteiger partial charge in [-0.2, -0.15) is 0 Å². The number of nitrogens with one attached hydrogen (secondary N) is 1. The Kier molecular flexibility index (Phi) is 56.0. The van der Waals surface area contributed by atoms with E-state index in [1.165, 1.54) is 205 Å². The summed E-state index contributed by atoms with van der Waals surface area (Å²) >= 11 is 0. The average molecular weight is 957 g/mol. The fraction of sp³-hybridized carbons (Fsp3) is 0.871. The van der Waals surface area contributed by atoms with Gasteiger partial charge in [0, 0.05) is 12.8 Å². The number of esters is 1. The molecular weight excluding hydrogens is 839 g/mol. The number of amides is 1. The molecule has 0 saturated carbocycles. The van der Waals surface area contributed by atoms with E-state index in [1.54, 1.807) is 0 Å². The van der Waals surface area contributed by atoms with E-state index in [1.807, 2.05) is 0 Å². The second kappa shape index (κ2) is 57.7. The average Bonchev–Trinajstić information content (AvgIpc) is 3.34. The first-order valence-electron chi connectivity index (χ1n) is 30.2. The van der Waals surface area contributed by atoms with Gasteiger partial charge in [-0.25, -0.2) is 0 Å². The normalized spacial score (nSPS) is 12.8. The molecule has 6 nitrogen and oxygen atoms in total. The number of hydrogen-bond donors (Lipinski definition) is 3. The Balaban J connectivity index is 3.49. The Morgan fingerprint density at radius 1 is 0.412 bits per heavy atom. The van der Waals surface area contributed by atoms with Crippen LogP contribution in [0.5, 0.6) is 0 Å². The van der Waals surface area contributed by atoms with Crippen LogP contribution in [0, 0.1) is 0 Å². The summed E-state index contributed by atoms with van der Waals surface area (Å²) in [5, 5.41) is 23.3. The minimum absolute atomic E-state index is 0.0299. The summed E-state index contributed by atoms with van der Waals surface area (Å²) in [5.74, 6) is -0.0888. The molecule has 0 saturated heterocycles. The molecule has 0 bridgehead atoms. The second-order valence-electron chi connectivity index (χ2n) is 20.7. The highest BCUT2D eigenvalue weighted by Gasteiger charge is 2.20. The number of aliphatic hydroxyl groups excluding tert-OH is 2. The third-order valence-corrected chi connectivity index (χ3v) is 13.9. The van der Waals surface area contributed by atoms with Crippen LogP contribution in [0.25, 0.3) is 0 Å². The molecule has 400 valence electrons. The molecule has 6 heteroatoms. The number of unbranched alkanes of at least 4 members (excludes halogenated alkanes) is 39. The summed E-state index contributed by atoms with van der Waals surface area (Å²) < 4.78 is 5.46. The van der Waals surface area contributed by atoms with E-state index < -0.39 is 12.1 Å². The van der Waals surface area contributed by atoms with Gasteiger partial charge in [-0.3, -0.25) is 9.59 Å². The molecule has 0 aromatic rings. The number of ether oxygens (including phenoxy) is 1. The van der Waals surface area contributed by atoms with E-state index in [9.17, 15) is 19.8 Å². The van der Waals surface area contributed by atoms with Gasteiger partial charge in [0.25, 0.3) is 0 Å². The SMILES string of the molecule is CCCCC/C=C\C/C=C\CCCCCCCCCC(=O)OCCCCC/C=C\CCCCCCCC(=O)NC(CO)C(O)CCCCCCCCCCCCCCCCCCCCCCCC. The van der Waals surface area contributed by atoms with Crippen molar-refractivity contribution in [3.8, 4) is 0 Å². The van der Waals surface area contributed by atoms with E-state index in [0.29, 0.717) is 25.9 Å². The molecule has 68 heavy (non-hydrogen) atoms. The number of carbonyl (C=O) groups is 2. The predicted molar refractivity (Wildman–Crippen MR) is 296 cm³/mol. The van der Waals surface area contributed by atoms with Crippen LogP contribution < -0.4 is 5.32 Å². The van der Waals surface area contributed by atoms with Gasteiger partial charge in [-0.15, -0.1) is 0 Å². The van der Waals surface area contributed by atoms with Gasteiger partial charge in [0.15, 0.2) is 0 Å². The van der Waals surface area contributed by atoms with Crippen LogP contribution in [0.3, 0.4) is 0 Å². The highest BCUT2D eigenvalue weighted by molar-refractivity contribution is 5.76. The topological polar surface area (TPSA) is 95.9 Å². The molecule has 0 heterocycles. The van der Waals surface area contributed by atoms with Gasteiger partial charge >= 0.3 is 5.97 Å². The maximum Gasteiger partial charge on any atom is 0.305 e. The van der Waals surface area contributed by atoms with Crippen LogP contribution in [-0.2, 0) is 14.3 Å². The van der Waals surface area contributed by atoms with E-state index in [4.69, 9.17) is 4.74 Å². The fourth-order valence-corrected chi connectivity index (χ4v) is 9.25. The minimum Gasteiger partial charge on any atom is -0.466 e. The smallest absolute Gasteiger partial charge is 0.305 e. The molecule has 2 atom stereocenters. The molecule has 0 spiro atoms. The zero-order valence-electron chi connectivity index (χ0n) is 45.6. The quantitative estimate of drug-likeness (QED) is 0.0321. The summed E-state index contributed by atoms with van der Waals surface area (Å²) in [6.45, 7) is 4.88. The number of carbonyl (C=O) groups excluding carboxylic acids is 2. The lowest BCUT2D eigenvalue weighted by molar-refractivity contribution is -0.143. The van der Waals surface area contributed by atoms with E-state index in [-0.39, 0.29) is 18.5 Å². The lowest BCUT2D eigenvalue weighted by Crippen LogP contribution is -2.45. The molecule has 2 unspecified atom stereocenters. The third kappa shape index (κ3) is 53.4. The molecule has 0 aliphatic carbocycles. The molecule has 0 fully saturated rings. The number of aliphatic hydroxyl groups is 2.